The monoisotopic (exact) mass is 248 g/mol. The van der Waals surface area contributed by atoms with Crippen molar-refractivity contribution in [1.29, 1.82) is 0 Å². The van der Waals surface area contributed by atoms with Gasteiger partial charge in [-0.25, -0.2) is 0 Å². The van der Waals surface area contributed by atoms with E-state index < -0.39 is 0 Å². The van der Waals surface area contributed by atoms with Gasteiger partial charge in [0.2, 0.25) is 0 Å². The summed E-state index contributed by atoms with van der Waals surface area (Å²) in [5.74, 6) is -0.273. The molecule has 0 N–H and O–H groups in total. The number of hydrogen-bond acceptors (Lipinski definition) is 3. The number of benzene rings is 1. The first-order valence-electron chi connectivity index (χ1n) is 6.14. The molecule has 0 radical (unpaired) electrons. The lowest BCUT2D eigenvalue weighted by Gasteiger charge is -2.12. The summed E-state index contributed by atoms with van der Waals surface area (Å²) < 4.78 is 10.6. The highest BCUT2D eigenvalue weighted by atomic mass is 16.5. The van der Waals surface area contributed by atoms with Crippen molar-refractivity contribution < 1.29 is 14.3 Å². The Morgan fingerprint density at radius 2 is 2.11 bits per heavy atom. The fraction of sp³-hybridized carbons (Fsp3) is 0.400. The molecule has 0 heterocycles. The van der Waals surface area contributed by atoms with E-state index in [9.17, 15) is 4.79 Å². The van der Waals surface area contributed by atoms with Crippen LogP contribution < -0.4 is 0 Å². The predicted octanol–water partition coefficient (Wildman–Crippen LogP) is 3.10. The number of ether oxygens (including phenoxy) is 2. The zero-order valence-electron chi connectivity index (χ0n) is 10.8. The maximum absolute atomic E-state index is 10.8. The van der Waals surface area contributed by atoms with Crippen molar-refractivity contribution in [3.8, 4) is 0 Å². The number of hydrogen-bond donors (Lipinski definition) is 0. The van der Waals surface area contributed by atoms with E-state index in [1.165, 1.54) is 6.92 Å². The third-order valence-electron chi connectivity index (χ3n) is 2.47. The van der Waals surface area contributed by atoms with Gasteiger partial charge in [-0.15, -0.1) is 0 Å². The number of carbonyl (C=O) groups is 1. The zero-order chi connectivity index (χ0) is 13.2. The van der Waals surface area contributed by atoms with Crippen LogP contribution in [-0.4, -0.2) is 18.7 Å². The average Bonchev–Trinajstić information content (AvgIpc) is 2.37. The summed E-state index contributed by atoms with van der Waals surface area (Å²) in [5.41, 5.74) is 1.16. The molecule has 1 aromatic carbocycles. The summed E-state index contributed by atoms with van der Waals surface area (Å²) in [5, 5.41) is 0. The van der Waals surface area contributed by atoms with Gasteiger partial charge in [-0.2, -0.15) is 0 Å². The molecule has 0 aliphatic rings. The largest absolute Gasteiger partial charge is 0.458 e. The molecule has 0 fully saturated rings. The standard InChI is InChI=1S/C15H20O3/c1-3-15(18-13(2)16)10-7-11-17-12-14-8-5-4-6-9-14/h3-6,8-9,15H,1,7,10-12H2,2H3/t15-/m0/s1. The van der Waals surface area contributed by atoms with E-state index in [1.54, 1.807) is 6.08 Å². The Labute approximate surface area is 108 Å². The van der Waals surface area contributed by atoms with Gasteiger partial charge >= 0.3 is 5.97 Å². The Bertz CT molecular complexity index is 359. The lowest BCUT2D eigenvalue weighted by atomic mass is 10.2. The van der Waals surface area contributed by atoms with Gasteiger partial charge in [0, 0.05) is 13.5 Å². The summed E-state index contributed by atoms with van der Waals surface area (Å²) in [6.45, 7) is 6.32. The van der Waals surface area contributed by atoms with E-state index in [4.69, 9.17) is 9.47 Å². The molecule has 3 nitrogen and oxygen atoms in total. The lowest BCUT2D eigenvalue weighted by Crippen LogP contribution is -2.14. The molecule has 0 unspecified atom stereocenters. The van der Waals surface area contributed by atoms with Crippen LogP contribution in [0.2, 0.25) is 0 Å². The van der Waals surface area contributed by atoms with Crippen LogP contribution >= 0.6 is 0 Å². The Morgan fingerprint density at radius 3 is 2.72 bits per heavy atom. The fourth-order valence-electron chi connectivity index (χ4n) is 1.59. The molecule has 1 rings (SSSR count). The van der Waals surface area contributed by atoms with E-state index in [2.05, 4.69) is 6.58 Å². The van der Waals surface area contributed by atoms with Crippen molar-refractivity contribution in [2.45, 2.75) is 32.5 Å². The molecule has 18 heavy (non-hydrogen) atoms. The smallest absolute Gasteiger partial charge is 0.303 e. The Hall–Kier alpha value is -1.61. The minimum atomic E-state index is -0.273. The second kappa shape index (κ2) is 8.48. The fourth-order valence-corrected chi connectivity index (χ4v) is 1.59. The van der Waals surface area contributed by atoms with Crippen molar-refractivity contribution in [1.82, 2.24) is 0 Å². The van der Waals surface area contributed by atoms with Crippen molar-refractivity contribution >= 4 is 5.97 Å². The van der Waals surface area contributed by atoms with Gasteiger partial charge in [0.25, 0.3) is 0 Å². The SMILES string of the molecule is C=C[C@@H](CCCOCc1ccccc1)OC(C)=O. The molecular weight excluding hydrogens is 228 g/mol. The molecule has 0 spiro atoms. The summed E-state index contributed by atoms with van der Waals surface area (Å²) in [4.78, 5) is 10.8. The third-order valence-corrected chi connectivity index (χ3v) is 2.47. The highest BCUT2D eigenvalue weighted by Gasteiger charge is 2.06. The van der Waals surface area contributed by atoms with Gasteiger partial charge in [0.05, 0.1) is 6.61 Å². The van der Waals surface area contributed by atoms with Crippen LogP contribution in [0.5, 0.6) is 0 Å². The molecule has 1 atom stereocenters. The van der Waals surface area contributed by atoms with Crippen LogP contribution in [0.15, 0.2) is 43.0 Å². The average molecular weight is 248 g/mol. The Morgan fingerprint density at radius 1 is 1.39 bits per heavy atom. The third kappa shape index (κ3) is 6.21. The second-order valence-electron chi connectivity index (χ2n) is 4.06. The molecule has 0 saturated heterocycles. The topological polar surface area (TPSA) is 35.5 Å². The number of rotatable bonds is 8. The maximum Gasteiger partial charge on any atom is 0.303 e. The molecular formula is C15H20O3. The highest BCUT2D eigenvalue weighted by Crippen LogP contribution is 2.06. The highest BCUT2D eigenvalue weighted by molar-refractivity contribution is 5.66. The Kier molecular flexibility index (Phi) is 6.81. The van der Waals surface area contributed by atoms with Crippen LogP contribution in [0.4, 0.5) is 0 Å². The van der Waals surface area contributed by atoms with Gasteiger partial charge in [-0.05, 0) is 18.4 Å². The summed E-state index contributed by atoms with van der Waals surface area (Å²) in [7, 11) is 0. The van der Waals surface area contributed by atoms with E-state index in [0.717, 1.165) is 18.4 Å². The molecule has 0 aliphatic heterocycles. The summed E-state index contributed by atoms with van der Waals surface area (Å²) >= 11 is 0. The molecule has 0 aliphatic carbocycles. The van der Waals surface area contributed by atoms with Crippen LogP contribution in [-0.2, 0) is 20.9 Å². The first-order valence-corrected chi connectivity index (χ1v) is 6.14. The summed E-state index contributed by atoms with van der Waals surface area (Å²) in [6.07, 6.45) is 3.04. The molecule has 1 aromatic rings. The second-order valence-corrected chi connectivity index (χ2v) is 4.06. The van der Waals surface area contributed by atoms with Gasteiger partial charge in [-0.3, -0.25) is 4.79 Å². The van der Waals surface area contributed by atoms with Crippen molar-refractivity contribution in [3.05, 3.63) is 48.6 Å². The molecule has 0 amide bonds. The Balaban J connectivity index is 2.11. The van der Waals surface area contributed by atoms with E-state index in [1.807, 2.05) is 30.3 Å². The normalized spacial score (nSPS) is 11.8. The van der Waals surface area contributed by atoms with Gasteiger partial charge in [0.1, 0.15) is 6.10 Å². The van der Waals surface area contributed by atoms with Crippen LogP contribution in [0.3, 0.4) is 0 Å². The first-order chi connectivity index (χ1) is 8.72. The van der Waals surface area contributed by atoms with Crippen LogP contribution in [0.1, 0.15) is 25.3 Å². The minimum Gasteiger partial charge on any atom is -0.458 e. The molecule has 0 saturated carbocycles. The quantitative estimate of drug-likeness (QED) is 0.403. The van der Waals surface area contributed by atoms with Crippen molar-refractivity contribution in [3.63, 3.8) is 0 Å². The molecule has 0 aromatic heterocycles. The van der Waals surface area contributed by atoms with Gasteiger partial charge < -0.3 is 9.47 Å². The van der Waals surface area contributed by atoms with Gasteiger partial charge in [-0.1, -0.05) is 43.0 Å². The molecule has 3 heteroatoms. The summed E-state index contributed by atoms with van der Waals surface area (Å²) in [6, 6.07) is 10.0. The van der Waals surface area contributed by atoms with Crippen LogP contribution in [0.25, 0.3) is 0 Å². The van der Waals surface area contributed by atoms with Gasteiger partial charge in [0.15, 0.2) is 0 Å². The first kappa shape index (κ1) is 14.5. The van der Waals surface area contributed by atoms with E-state index in [0.29, 0.717) is 13.2 Å². The lowest BCUT2D eigenvalue weighted by molar-refractivity contribution is -0.144. The number of carbonyl (C=O) groups excluding carboxylic acids is 1. The van der Waals surface area contributed by atoms with Crippen LogP contribution in [0, 0.1) is 0 Å². The number of esters is 1. The molecule has 0 bridgehead atoms. The maximum atomic E-state index is 10.8. The van der Waals surface area contributed by atoms with E-state index >= 15 is 0 Å². The van der Waals surface area contributed by atoms with E-state index in [-0.39, 0.29) is 12.1 Å². The molecule has 98 valence electrons. The minimum absolute atomic E-state index is 0.206. The predicted molar refractivity (Wildman–Crippen MR) is 71.1 cm³/mol. The van der Waals surface area contributed by atoms with Crippen molar-refractivity contribution in [2.24, 2.45) is 0 Å². The van der Waals surface area contributed by atoms with Crippen molar-refractivity contribution in [2.75, 3.05) is 6.61 Å². The zero-order valence-corrected chi connectivity index (χ0v) is 10.8.